The van der Waals surface area contributed by atoms with Crippen LogP contribution in [0.15, 0.2) is 24.3 Å². The molecule has 13 heavy (non-hydrogen) atoms. The highest BCUT2D eigenvalue weighted by Gasteiger charge is 2.07. The molecule has 0 saturated heterocycles. The fourth-order valence-corrected chi connectivity index (χ4v) is 1.50. The van der Waals surface area contributed by atoms with E-state index in [4.69, 9.17) is 0 Å². The predicted molar refractivity (Wildman–Crippen MR) is 50.3 cm³/mol. The fourth-order valence-electron chi connectivity index (χ4n) is 1.50. The Hall–Kier alpha value is -1.31. The van der Waals surface area contributed by atoms with Crippen molar-refractivity contribution in [3.8, 4) is 0 Å². The van der Waals surface area contributed by atoms with E-state index in [1.165, 1.54) is 6.07 Å². The van der Waals surface area contributed by atoms with E-state index in [0.717, 1.165) is 5.69 Å². The number of aromatic nitrogens is 1. The van der Waals surface area contributed by atoms with E-state index in [9.17, 15) is 4.39 Å². The number of hydrogen-bond acceptors (Lipinski definition) is 0. The van der Waals surface area contributed by atoms with Gasteiger partial charge in [0.2, 0.25) is 0 Å². The molecule has 67 valence electrons. The summed E-state index contributed by atoms with van der Waals surface area (Å²) >= 11 is 0. The maximum Gasteiger partial charge on any atom is 0.147 e. The lowest BCUT2D eigenvalue weighted by molar-refractivity contribution is 0.631. The second-order valence-corrected chi connectivity index (χ2v) is 3.44. The van der Waals surface area contributed by atoms with Crippen molar-refractivity contribution in [2.75, 3.05) is 0 Å². The van der Waals surface area contributed by atoms with Crippen LogP contribution >= 0.6 is 0 Å². The molecule has 0 bridgehead atoms. The molecule has 0 atom stereocenters. The van der Waals surface area contributed by atoms with Gasteiger partial charge < -0.3 is 4.40 Å². The second-order valence-electron chi connectivity index (χ2n) is 3.44. The largest absolute Gasteiger partial charge is 0.309 e. The van der Waals surface area contributed by atoms with Crippen molar-refractivity contribution in [1.29, 1.82) is 0 Å². The Kier molecular flexibility index (Phi) is 1.83. The van der Waals surface area contributed by atoms with Gasteiger partial charge in [0, 0.05) is 5.69 Å². The smallest absolute Gasteiger partial charge is 0.147 e. The SMILES string of the molecule is CC(C)c1ccc2c(F)cc[c]n12. The van der Waals surface area contributed by atoms with E-state index < -0.39 is 0 Å². The van der Waals surface area contributed by atoms with Gasteiger partial charge in [0.15, 0.2) is 0 Å². The van der Waals surface area contributed by atoms with Crippen molar-refractivity contribution < 1.29 is 4.39 Å². The van der Waals surface area contributed by atoms with Gasteiger partial charge in [-0.2, -0.15) is 0 Å². The molecule has 0 aliphatic rings. The molecule has 0 unspecified atom stereocenters. The third-order valence-corrected chi connectivity index (χ3v) is 2.18. The Bertz CT molecular complexity index is 429. The van der Waals surface area contributed by atoms with Crippen LogP contribution in [0.3, 0.4) is 0 Å². The molecular weight excluding hydrogens is 165 g/mol. The van der Waals surface area contributed by atoms with Gasteiger partial charge in [-0.1, -0.05) is 13.8 Å². The first kappa shape index (κ1) is 8.30. The van der Waals surface area contributed by atoms with Crippen LogP contribution in [0.4, 0.5) is 4.39 Å². The van der Waals surface area contributed by atoms with Gasteiger partial charge in [0.1, 0.15) is 5.82 Å². The molecule has 2 heteroatoms. The molecule has 0 spiro atoms. The minimum absolute atomic E-state index is 0.189. The highest BCUT2D eigenvalue weighted by atomic mass is 19.1. The Balaban J connectivity index is 2.75. The molecule has 0 N–H and O–H groups in total. The minimum atomic E-state index is -0.189. The first-order valence-electron chi connectivity index (χ1n) is 4.37. The molecule has 2 aromatic heterocycles. The van der Waals surface area contributed by atoms with Crippen LogP contribution in [0, 0.1) is 12.0 Å². The van der Waals surface area contributed by atoms with Crippen molar-refractivity contribution in [2.45, 2.75) is 19.8 Å². The van der Waals surface area contributed by atoms with Gasteiger partial charge in [-0.05, 0) is 30.2 Å². The van der Waals surface area contributed by atoms with E-state index in [1.807, 2.05) is 6.07 Å². The molecule has 2 heterocycles. The molecule has 1 radical (unpaired) electrons. The lowest BCUT2D eigenvalue weighted by Gasteiger charge is -2.04. The number of hydrogen-bond donors (Lipinski definition) is 0. The van der Waals surface area contributed by atoms with Gasteiger partial charge in [-0.3, -0.25) is 0 Å². The lowest BCUT2D eigenvalue weighted by Crippen LogP contribution is -1.95. The number of nitrogens with zero attached hydrogens (tertiary/aromatic N) is 1. The van der Waals surface area contributed by atoms with E-state index in [2.05, 4.69) is 20.0 Å². The van der Waals surface area contributed by atoms with Gasteiger partial charge in [-0.15, -0.1) is 0 Å². The van der Waals surface area contributed by atoms with Crippen LogP contribution in [-0.4, -0.2) is 4.40 Å². The van der Waals surface area contributed by atoms with Gasteiger partial charge in [0.25, 0.3) is 0 Å². The summed E-state index contributed by atoms with van der Waals surface area (Å²) in [6, 6.07) is 6.77. The van der Waals surface area contributed by atoms with E-state index in [-0.39, 0.29) is 5.82 Å². The third kappa shape index (κ3) is 1.22. The molecule has 0 aliphatic carbocycles. The molecule has 2 aromatic rings. The van der Waals surface area contributed by atoms with Gasteiger partial charge in [-0.25, -0.2) is 4.39 Å². The van der Waals surface area contributed by atoms with Crippen LogP contribution in [0.5, 0.6) is 0 Å². The molecule has 0 aromatic carbocycles. The van der Waals surface area contributed by atoms with Crippen molar-refractivity contribution in [1.82, 2.24) is 4.40 Å². The average molecular weight is 176 g/mol. The molecule has 0 saturated carbocycles. The number of halogens is 1. The summed E-state index contributed by atoms with van der Waals surface area (Å²) in [7, 11) is 0. The van der Waals surface area contributed by atoms with Crippen molar-refractivity contribution in [2.24, 2.45) is 0 Å². The highest BCUT2D eigenvalue weighted by molar-refractivity contribution is 5.51. The number of pyridine rings is 1. The normalized spacial score (nSPS) is 11.4. The molecule has 0 aliphatic heterocycles. The zero-order valence-corrected chi connectivity index (χ0v) is 7.71. The molecule has 0 amide bonds. The van der Waals surface area contributed by atoms with E-state index in [1.54, 1.807) is 16.5 Å². The highest BCUT2D eigenvalue weighted by Crippen LogP contribution is 2.19. The van der Waals surface area contributed by atoms with Crippen LogP contribution in [-0.2, 0) is 0 Å². The third-order valence-electron chi connectivity index (χ3n) is 2.18. The molecular formula is C11H11FN. The molecule has 2 rings (SSSR count). The second kappa shape index (κ2) is 2.87. The Morgan fingerprint density at radius 3 is 2.77 bits per heavy atom. The maximum absolute atomic E-state index is 13.2. The van der Waals surface area contributed by atoms with E-state index in [0.29, 0.717) is 11.4 Å². The Labute approximate surface area is 76.8 Å². The topological polar surface area (TPSA) is 4.41 Å². The Morgan fingerprint density at radius 1 is 1.31 bits per heavy atom. The van der Waals surface area contributed by atoms with E-state index >= 15 is 0 Å². The first-order valence-corrected chi connectivity index (χ1v) is 4.37. The zero-order chi connectivity index (χ0) is 9.42. The quantitative estimate of drug-likeness (QED) is 0.629. The number of fused-ring (bicyclic) bond motifs is 1. The summed E-state index contributed by atoms with van der Waals surface area (Å²) in [5, 5.41) is 0. The Morgan fingerprint density at radius 2 is 2.08 bits per heavy atom. The summed E-state index contributed by atoms with van der Waals surface area (Å²) < 4.78 is 15.0. The molecule has 1 nitrogen and oxygen atoms in total. The van der Waals surface area contributed by atoms with Gasteiger partial charge >= 0.3 is 0 Å². The monoisotopic (exact) mass is 176 g/mol. The number of rotatable bonds is 1. The lowest BCUT2D eigenvalue weighted by atomic mass is 10.1. The predicted octanol–water partition coefficient (Wildman–Crippen LogP) is 3.00. The van der Waals surface area contributed by atoms with Crippen LogP contribution in [0.25, 0.3) is 5.52 Å². The van der Waals surface area contributed by atoms with Crippen LogP contribution < -0.4 is 0 Å². The van der Waals surface area contributed by atoms with Crippen molar-refractivity contribution in [3.05, 3.63) is 42.0 Å². The van der Waals surface area contributed by atoms with Crippen molar-refractivity contribution in [3.63, 3.8) is 0 Å². The van der Waals surface area contributed by atoms with Crippen LogP contribution in [0.1, 0.15) is 25.5 Å². The van der Waals surface area contributed by atoms with Crippen molar-refractivity contribution >= 4 is 5.52 Å². The maximum atomic E-state index is 13.2. The van der Waals surface area contributed by atoms with Crippen LogP contribution in [0.2, 0.25) is 0 Å². The summed E-state index contributed by atoms with van der Waals surface area (Å²) in [6.45, 7) is 4.17. The summed E-state index contributed by atoms with van der Waals surface area (Å²) in [6.07, 6.45) is 3.00. The first-order chi connectivity index (χ1) is 6.20. The standard InChI is InChI=1S/C11H11FN/c1-8(2)10-5-6-11-9(12)4-3-7-13(10)11/h3-6,8H,1-2H3. The average Bonchev–Trinajstić information content (AvgIpc) is 2.48. The summed E-state index contributed by atoms with van der Waals surface area (Å²) in [5.41, 5.74) is 1.70. The zero-order valence-electron chi connectivity index (χ0n) is 7.71. The minimum Gasteiger partial charge on any atom is -0.309 e. The molecule has 0 fully saturated rings. The summed E-state index contributed by atoms with van der Waals surface area (Å²) in [5.74, 6) is 0.200. The fraction of sp³-hybridized carbons (Fsp3) is 0.273. The van der Waals surface area contributed by atoms with Gasteiger partial charge in [0.05, 0.1) is 11.7 Å². The summed E-state index contributed by atoms with van der Waals surface area (Å²) in [4.78, 5) is 0.